The van der Waals surface area contributed by atoms with Crippen molar-refractivity contribution in [3.63, 3.8) is 0 Å². The Morgan fingerprint density at radius 3 is 1.05 bits per heavy atom. The molecule has 22 heavy (non-hydrogen) atoms. The van der Waals surface area contributed by atoms with Crippen LogP contribution in [0.2, 0.25) is 0 Å². The quantitative estimate of drug-likeness (QED) is 0.580. The molecule has 0 heterocycles. The molecule has 118 valence electrons. The maximum absolute atomic E-state index is 11.3. The zero-order valence-electron chi connectivity index (χ0n) is 11.2. The average Bonchev–Trinajstić information content (AvgIpc) is 2.42. The van der Waals surface area contributed by atoms with Gasteiger partial charge in [-0.1, -0.05) is 0 Å². The molecule has 0 spiro atoms. The first-order chi connectivity index (χ1) is 10.2. The molecule has 0 aliphatic heterocycles. The highest BCUT2D eigenvalue weighted by Crippen LogP contribution is 2.39. The van der Waals surface area contributed by atoms with Crippen molar-refractivity contribution in [2.45, 2.75) is 0 Å². The predicted octanol–water partition coefficient (Wildman–Crippen LogP) is 0.497. The SMILES string of the molecule is COc1c(C(=O)O)c(OC)c(C(=O)O)c(C(=O)O)c1C(=O)O. The van der Waals surface area contributed by atoms with Crippen molar-refractivity contribution in [2.75, 3.05) is 14.2 Å². The van der Waals surface area contributed by atoms with Crippen molar-refractivity contribution in [1.29, 1.82) is 0 Å². The molecule has 1 aromatic rings. The van der Waals surface area contributed by atoms with Gasteiger partial charge in [0.25, 0.3) is 0 Å². The maximum atomic E-state index is 11.3. The molecule has 0 saturated heterocycles. The van der Waals surface area contributed by atoms with E-state index in [1.54, 1.807) is 0 Å². The van der Waals surface area contributed by atoms with Crippen molar-refractivity contribution in [3.8, 4) is 11.5 Å². The van der Waals surface area contributed by atoms with Crippen LogP contribution in [0.4, 0.5) is 0 Å². The molecule has 10 nitrogen and oxygen atoms in total. The Morgan fingerprint density at radius 2 is 0.864 bits per heavy atom. The van der Waals surface area contributed by atoms with Gasteiger partial charge < -0.3 is 29.9 Å². The minimum Gasteiger partial charge on any atom is -0.495 e. The topological polar surface area (TPSA) is 168 Å². The smallest absolute Gasteiger partial charge is 0.343 e. The van der Waals surface area contributed by atoms with Crippen molar-refractivity contribution in [3.05, 3.63) is 22.3 Å². The Labute approximate surface area is 122 Å². The van der Waals surface area contributed by atoms with E-state index in [0.29, 0.717) is 0 Å². The standard InChI is InChI=1S/C12H10O10/c1-21-7-4(10(15)16)3(9(13)14)5(11(17)18)8(22-2)6(7)12(19)20/h1-2H3,(H,13,14)(H,15,16)(H,17,18)(H,19,20). The summed E-state index contributed by atoms with van der Waals surface area (Å²) in [6.45, 7) is 0. The van der Waals surface area contributed by atoms with E-state index < -0.39 is 57.6 Å². The molecule has 0 saturated carbocycles. The summed E-state index contributed by atoms with van der Waals surface area (Å²) in [5, 5.41) is 36.6. The van der Waals surface area contributed by atoms with Gasteiger partial charge in [0.2, 0.25) is 0 Å². The molecule has 1 rings (SSSR count). The Kier molecular flexibility index (Phi) is 4.56. The largest absolute Gasteiger partial charge is 0.495 e. The number of carboxylic acids is 4. The van der Waals surface area contributed by atoms with Gasteiger partial charge >= 0.3 is 23.9 Å². The van der Waals surface area contributed by atoms with Gasteiger partial charge in [-0.3, -0.25) is 0 Å². The predicted molar refractivity (Wildman–Crippen MR) is 67.4 cm³/mol. The first-order valence-corrected chi connectivity index (χ1v) is 5.44. The first-order valence-electron chi connectivity index (χ1n) is 5.44. The number of methoxy groups -OCH3 is 2. The van der Waals surface area contributed by atoms with Crippen LogP contribution in [0.15, 0.2) is 0 Å². The van der Waals surface area contributed by atoms with Gasteiger partial charge in [0.05, 0.1) is 19.8 Å². The zero-order valence-corrected chi connectivity index (χ0v) is 11.2. The van der Waals surface area contributed by atoms with Crippen LogP contribution >= 0.6 is 0 Å². The molecule has 0 radical (unpaired) electrons. The Morgan fingerprint density at radius 1 is 0.591 bits per heavy atom. The zero-order chi connectivity index (χ0) is 17.2. The van der Waals surface area contributed by atoms with E-state index in [1.165, 1.54) is 0 Å². The van der Waals surface area contributed by atoms with E-state index in [4.69, 9.17) is 20.4 Å². The Hall–Kier alpha value is -3.30. The molecule has 4 N–H and O–H groups in total. The third-order valence-electron chi connectivity index (χ3n) is 2.67. The number of carbonyl (C=O) groups is 4. The molecule has 0 aromatic heterocycles. The maximum Gasteiger partial charge on any atom is 0.343 e. The van der Waals surface area contributed by atoms with Crippen LogP contribution in [0.25, 0.3) is 0 Å². The van der Waals surface area contributed by atoms with Gasteiger partial charge in [-0.25, -0.2) is 19.2 Å². The summed E-state index contributed by atoms with van der Waals surface area (Å²) in [4.78, 5) is 45.2. The fraction of sp³-hybridized carbons (Fsp3) is 0.167. The molecule has 10 heteroatoms. The number of ether oxygens (including phenoxy) is 2. The summed E-state index contributed by atoms with van der Waals surface area (Å²) in [6.07, 6.45) is 0. The molecule has 0 unspecified atom stereocenters. The molecule has 0 fully saturated rings. The second kappa shape index (κ2) is 5.99. The van der Waals surface area contributed by atoms with Crippen LogP contribution in [-0.2, 0) is 0 Å². The van der Waals surface area contributed by atoms with E-state index in [0.717, 1.165) is 14.2 Å². The fourth-order valence-corrected chi connectivity index (χ4v) is 1.93. The molecule has 0 amide bonds. The van der Waals surface area contributed by atoms with Crippen LogP contribution in [0.5, 0.6) is 11.5 Å². The molecule has 0 bridgehead atoms. The number of benzene rings is 1. The van der Waals surface area contributed by atoms with Gasteiger partial charge in [0.1, 0.15) is 16.7 Å². The van der Waals surface area contributed by atoms with Crippen LogP contribution < -0.4 is 9.47 Å². The van der Waals surface area contributed by atoms with Gasteiger partial charge in [0, 0.05) is 0 Å². The van der Waals surface area contributed by atoms with E-state index in [9.17, 15) is 19.2 Å². The normalized spacial score (nSPS) is 9.91. The van der Waals surface area contributed by atoms with Crippen molar-refractivity contribution >= 4 is 23.9 Å². The average molecular weight is 314 g/mol. The number of hydrogen-bond donors (Lipinski definition) is 4. The lowest BCUT2D eigenvalue weighted by Crippen LogP contribution is -2.20. The third-order valence-corrected chi connectivity index (χ3v) is 2.67. The Balaban J connectivity index is 4.24. The lowest BCUT2D eigenvalue weighted by atomic mass is 9.94. The van der Waals surface area contributed by atoms with Crippen LogP contribution in [0.3, 0.4) is 0 Å². The third kappa shape index (κ3) is 2.49. The van der Waals surface area contributed by atoms with Crippen LogP contribution in [0, 0.1) is 0 Å². The van der Waals surface area contributed by atoms with E-state index in [1.807, 2.05) is 0 Å². The number of carboxylic acid groups (broad SMARTS) is 4. The van der Waals surface area contributed by atoms with Crippen molar-refractivity contribution in [1.82, 2.24) is 0 Å². The summed E-state index contributed by atoms with van der Waals surface area (Å²) in [5.74, 6) is -8.98. The Bertz CT molecular complexity index is 645. The number of aromatic carboxylic acids is 4. The second-order valence-corrected chi connectivity index (χ2v) is 3.79. The molecule has 0 aliphatic carbocycles. The number of hydrogen-bond acceptors (Lipinski definition) is 6. The highest BCUT2D eigenvalue weighted by Gasteiger charge is 2.37. The lowest BCUT2D eigenvalue weighted by molar-refractivity contribution is 0.0625. The fourth-order valence-electron chi connectivity index (χ4n) is 1.93. The van der Waals surface area contributed by atoms with E-state index in [-0.39, 0.29) is 0 Å². The van der Waals surface area contributed by atoms with Gasteiger partial charge in [-0.2, -0.15) is 0 Å². The summed E-state index contributed by atoms with van der Waals surface area (Å²) in [7, 11) is 1.83. The summed E-state index contributed by atoms with van der Waals surface area (Å²) in [6, 6.07) is 0. The molecular formula is C12H10O10. The van der Waals surface area contributed by atoms with Gasteiger partial charge in [-0.15, -0.1) is 0 Å². The molecule has 0 atom stereocenters. The monoisotopic (exact) mass is 314 g/mol. The minimum absolute atomic E-state index is 0.820. The second-order valence-electron chi connectivity index (χ2n) is 3.79. The summed E-state index contributed by atoms with van der Waals surface area (Å²) < 4.78 is 9.34. The first kappa shape index (κ1) is 16.8. The minimum atomic E-state index is -1.89. The van der Waals surface area contributed by atoms with Crippen molar-refractivity contribution in [2.24, 2.45) is 0 Å². The van der Waals surface area contributed by atoms with E-state index in [2.05, 4.69) is 9.47 Å². The molecular weight excluding hydrogens is 304 g/mol. The van der Waals surface area contributed by atoms with Gasteiger partial charge in [-0.05, 0) is 0 Å². The van der Waals surface area contributed by atoms with E-state index >= 15 is 0 Å². The van der Waals surface area contributed by atoms with Gasteiger partial charge in [0.15, 0.2) is 11.5 Å². The molecule has 1 aromatic carbocycles. The van der Waals surface area contributed by atoms with Crippen molar-refractivity contribution < 1.29 is 49.1 Å². The van der Waals surface area contributed by atoms with Crippen LogP contribution in [0.1, 0.15) is 41.4 Å². The molecule has 0 aliphatic rings. The highest BCUT2D eigenvalue weighted by molar-refractivity contribution is 6.15. The lowest BCUT2D eigenvalue weighted by Gasteiger charge is -2.17. The summed E-state index contributed by atoms with van der Waals surface area (Å²) >= 11 is 0. The summed E-state index contributed by atoms with van der Waals surface area (Å²) in [5.41, 5.74) is -4.22. The van der Waals surface area contributed by atoms with Crippen LogP contribution in [-0.4, -0.2) is 58.5 Å². The highest BCUT2D eigenvalue weighted by atomic mass is 16.5. The number of rotatable bonds is 6.